The third kappa shape index (κ3) is 54.6. The van der Waals surface area contributed by atoms with E-state index in [1.54, 1.807) is 0 Å². The quantitative estimate of drug-likeness (QED) is 0.0345. The lowest BCUT2D eigenvalue weighted by molar-refractivity contribution is -0.163. The summed E-state index contributed by atoms with van der Waals surface area (Å²) in [6, 6.07) is 0. The van der Waals surface area contributed by atoms with E-state index < -0.39 is 6.10 Å². The lowest BCUT2D eigenvalue weighted by Crippen LogP contribution is -2.30. The van der Waals surface area contributed by atoms with Gasteiger partial charge in [-0.15, -0.1) is 0 Å². The molecule has 384 valence electrons. The SMILES string of the molecule is CC/C=C\C/C=C\C/C=C\C/C=C\C/C=C\CCCC(=O)OCC(COCCCCCCCCC/C=C\C/C=C\C/C=C\CCCCC)OC(=O)CCCCCCC/C=C\C/C=C\C/C=C\CC. The van der Waals surface area contributed by atoms with E-state index >= 15 is 0 Å². The standard InChI is InChI=1S/C63H102O5/c1-4-7-10-13-16-19-22-25-28-30-31-32-34-37-40-43-46-49-52-55-58-66-59-61(68-63(65)57-54-51-48-45-42-39-35-27-24-21-18-15-12-9-6-3)60-67-62(64)56-53-50-47-44-41-38-36-33-29-26-23-20-17-14-11-8-5-2/h8-9,11-12,16-21,25-29,31-32,35-36,38,44,47,61H,4-7,10,13-15,22-24,30,33-34,37,39-43,45-46,48-60H2,1-3H3/b11-8-,12-9-,19-16-,20-17-,21-18-,28-25-,29-26-,32-31-,35-27-,38-36-,47-44-. The number of carbonyl (C=O) groups is 2. The van der Waals surface area contributed by atoms with Gasteiger partial charge in [-0.3, -0.25) is 9.59 Å². The molecule has 68 heavy (non-hydrogen) atoms. The molecule has 0 rings (SSSR count). The van der Waals surface area contributed by atoms with Gasteiger partial charge in [-0.05, 0) is 128 Å². The first kappa shape index (κ1) is 64.0. The molecule has 0 saturated heterocycles. The first-order valence-electron chi connectivity index (χ1n) is 27.7. The predicted molar refractivity (Wildman–Crippen MR) is 297 cm³/mol. The summed E-state index contributed by atoms with van der Waals surface area (Å²) in [5.41, 5.74) is 0. The van der Waals surface area contributed by atoms with Gasteiger partial charge in [-0.1, -0.05) is 219 Å². The molecule has 0 saturated carbocycles. The van der Waals surface area contributed by atoms with Crippen LogP contribution in [0.5, 0.6) is 0 Å². The largest absolute Gasteiger partial charge is 0.462 e. The fraction of sp³-hybridized carbons (Fsp3) is 0.619. The van der Waals surface area contributed by atoms with Crippen molar-refractivity contribution in [1.82, 2.24) is 0 Å². The molecule has 0 aliphatic rings. The van der Waals surface area contributed by atoms with E-state index in [1.807, 2.05) is 0 Å². The molecule has 5 heteroatoms. The summed E-state index contributed by atoms with van der Waals surface area (Å²) in [7, 11) is 0. The highest BCUT2D eigenvalue weighted by Crippen LogP contribution is 2.12. The summed E-state index contributed by atoms with van der Waals surface area (Å²) >= 11 is 0. The fourth-order valence-corrected chi connectivity index (χ4v) is 7.10. The van der Waals surface area contributed by atoms with E-state index in [9.17, 15) is 9.59 Å². The van der Waals surface area contributed by atoms with Crippen molar-refractivity contribution in [2.75, 3.05) is 19.8 Å². The minimum absolute atomic E-state index is 0.0359. The second kappa shape index (κ2) is 57.4. The molecule has 0 amide bonds. The molecule has 0 aromatic rings. The van der Waals surface area contributed by atoms with Crippen LogP contribution in [-0.4, -0.2) is 37.9 Å². The van der Waals surface area contributed by atoms with Gasteiger partial charge < -0.3 is 14.2 Å². The van der Waals surface area contributed by atoms with Gasteiger partial charge in [0.25, 0.3) is 0 Å². The summed E-state index contributed by atoms with van der Waals surface area (Å²) < 4.78 is 17.4. The van der Waals surface area contributed by atoms with E-state index in [4.69, 9.17) is 14.2 Å². The summed E-state index contributed by atoms with van der Waals surface area (Å²) in [4.78, 5) is 25.5. The highest BCUT2D eigenvalue weighted by molar-refractivity contribution is 5.70. The van der Waals surface area contributed by atoms with E-state index in [0.717, 1.165) is 116 Å². The van der Waals surface area contributed by atoms with Crippen molar-refractivity contribution < 1.29 is 23.8 Å². The van der Waals surface area contributed by atoms with Gasteiger partial charge in [-0.2, -0.15) is 0 Å². The Labute approximate surface area is 419 Å². The molecular weight excluding hydrogens is 837 g/mol. The lowest BCUT2D eigenvalue weighted by atomic mass is 10.1. The van der Waals surface area contributed by atoms with Gasteiger partial charge in [0.05, 0.1) is 6.61 Å². The molecular formula is C63H102O5. The van der Waals surface area contributed by atoms with Crippen molar-refractivity contribution >= 4 is 11.9 Å². The number of esters is 2. The monoisotopic (exact) mass is 939 g/mol. The van der Waals surface area contributed by atoms with Gasteiger partial charge in [0.1, 0.15) is 6.61 Å². The Kier molecular flexibility index (Phi) is 54.0. The van der Waals surface area contributed by atoms with Crippen molar-refractivity contribution in [1.29, 1.82) is 0 Å². The van der Waals surface area contributed by atoms with Crippen molar-refractivity contribution in [3.63, 3.8) is 0 Å². The fourth-order valence-electron chi connectivity index (χ4n) is 7.10. The van der Waals surface area contributed by atoms with Crippen molar-refractivity contribution in [2.45, 2.75) is 232 Å². The minimum atomic E-state index is -0.584. The Morgan fingerprint density at radius 1 is 0.338 bits per heavy atom. The second-order valence-corrected chi connectivity index (χ2v) is 17.7. The van der Waals surface area contributed by atoms with Crippen LogP contribution in [0.1, 0.15) is 226 Å². The first-order chi connectivity index (χ1) is 33.6. The van der Waals surface area contributed by atoms with Crippen molar-refractivity contribution in [2.24, 2.45) is 0 Å². The zero-order valence-corrected chi connectivity index (χ0v) is 44.1. The van der Waals surface area contributed by atoms with Crippen molar-refractivity contribution in [3.05, 3.63) is 134 Å². The highest BCUT2D eigenvalue weighted by atomic mass is 16.6. The van der Waals surface area contributed by atoms with Crippen LogP contribution >= 0.6 is 0 Å². The summed E-state index contributed by atoms with van der Waals surface area (Å²) in [6.07, 6.45) is 81.9. The van der Waals surface area contributed by atoms with Crippen LogP contribution in [0.15, 0.2) is 134 Å². The average Bonchev–Trinajstić information content (AvgIpc) is 3.34. The Bertz CT molecular complexity index is 1430. The third-order valence-corrected chi connectivity index (χ3v) is 11.2. The normalized spacial score (nSPS) is 13.3. The van der Waals surface area contributed by atoms with Gasteiger partial charge in [-0.25, -0.2) is 0 Å². The lowest BCUT2D eigenvalue weighted by Gasteiger charge is -2.18. The Hall–Kier alpha value is -3.96. The molecule has 0 spiro atoms. The van der Waals surface area contributed by atoms with Crippen LogP contribution in [-0.2, 0) is 23.8 Å². The number of ether oxygens (including phenoxy) is 3. The molecule has 0 aromatic carbocycles. The zero-order valence-electron chi connectivity index (χ0n) is 44.1. The van der Waals surface area contributed by atoms with Crippen LogP contribution in [0.3, 0.4) is 0 Å². The topological polar surface area (TPSA) is 61.8 Å². The molecule has 1 atom stereocenters. The Morgan fingerprint density at radius 2 is 0.676 bits per heavy atom. The molecule has 0 aliphatic heterocycles. The van der Waals surface area contributed by atoms with Crippen LogP contribution in [0.4, 0.5) is 0 Å². The second-order valence-electron chi connectivity index (χ2n) is 17.7. The van der Waals surface area contributed by atoms with Crippen LogP contribution in [0, 0.1) is 0 Å². The first-order valence-corrected chi connectivity index (χ1v) is 27.7. The molecule has 0 bridgehead atoms. The third-order valence-electron chi connectivity index (χ3n) is 11.2. The van der Waals surface area contributed by atoms with Gasteiger partial charge in [0.2, 0.25) is 0 Å². The molecule has 0 heterocycles. The molecule has 0 N–H and O–H groups in total. The molecule has 0 radical (unpaired) electrons. The Morgan fingerprint density at radius 3 is 1.10 bits per heavy atom. The van der Waals surface area contributed by atoms with Crippen LogP contribution in [0.25, 0.3) is 0 Å². The maximum Gasteiger partial charge on any atom is 0.306 e. The maximum atomic E-state index is 12.8. The van der Waals surface area contributed by atoms with E-state index in [-0.39, 0.29) is 25.2 Å². The molecule has 1 unspecified atom stereocenters. The number of hydrogen-bond donors (Lipinski definition) is 0. The molecule has 5 nitrogen and oxygen atoms in total. The average molecular weight is 940 g/mol. The van der Waals surface area contributed by atoms with E-state index in [0.29, 0.717) is 19.4 Å². The van der Waals surface area contributed by atoms with Gasteiger partial charge in [0.15, 0.2) is 6.10 Å². The number of carbonyl (C=O) groups excluding carboxylic acids is 2. The van der Waals surface area contributed by atoms with E-state index in [1.165, 1.54) is 77.0 Å². The number of hydrogen-bond acceptors (Lipinski definition) is 5. The van der Waals surface area contributed by atoms with Gasteiger partial charge >= 0.3 is 11.9 Å². The molecule has 0 fully saturated rings. The minimum Gasteiger partial charge on any atom is -0.462 e. The number of unbranched alkanes of at least 4 members (excludes halogenated alkanes) is 16. The Balaban J connectivity index is 4.43. The summed E-state index contributed by atoms with van der Waals surface area (Å²) in [5, 5.41) is 0. The molecule has 0 aromatic heterocycles. The van der Waals surface area contributed by atoms with Crippen LogP contribution < -0.4 is 0 Å². The van der Waals surface area contributed by atoms with E-state index in [2.05, 4.69) is 154 Å². The summed E-state index contributed by atoms with van der Waals surface area (Å²) in [6.45, 7) is 7.46. The maximum absolute atomic E-state index is 12.8. The molecule has 0 aliphatic carbocycles. The summed E-state index contributed by atoms with van der Waals surface area (Å²) in [5.74, 6) is -0.498. The smallest absolute Gasteiger partial charge is 0.306 e. The van der Waals surface area contributed by atoms with Gasteiger partial charge in [0, 0.05) is 19.4 Å². The van der Waals surface area contributed by atoms with Crippen LogP contribution in [0.2, 0.25) is 0 Å². The zero-order chi connectivity index (χ0) is 49.2. The van der Waals surface area contributed by atoms with Crippen molar-refractivity contribution in [3.8, 4) is 0 Å². The number of allylic oxidation sites excluding steroid dienone is 22. The predicted octanol–water partition coefficient (Wildman–Crippen LogP) is 19.1. The number of rotatable bonds is 49. The highest BCUT2D eigenvalue weighted by Gasteiger charge is 2.17.